The fourth-order valence-corrected chi connectivity index (χ4v) is 5.27. The Hall–Kier alpha value is -4.76. The highest BCUT2D eigenvalue weighted by Gasteiger charge is 2.38. The van der Waals surface area contributed by atoms with E-state index in [1.165, 1.54) is 0 Å². The molecule has 1 aliphatic heterocycles. The first-order valence-corrected chi connectivity index (χ1v) is 12.8. The summed E-state index contributed by atoms with van der Waals surface area (Å²) < 4.78 is 15.2. The third kappa shape index (κ3) is 3.98. The van der Waals surface area contributed by atoms with Gasteiger partial charge in [-0.2, -0.15) is 5.10 Å². The standard InChI is InChI=1S/C29H22ClN7O2/c1-17-24-25(19-5-4-12-31-15-19)26-27-33-23(13-18-8-10-22(38-2)11-9-18)35-36(27)16-32-28(26)39-29(24)37(34-17)21-7-3-6-20(30)14-21/h3-12,14-16,25H,13H2,1-2H3. The summed E-state index contributed by atoms with van der Waals surface area (Å²) in [4.78, 5) is 14.0. The largest absolute Gasteiger partial charge is 0.497 e. The van der Waals surface area contributed by atoms with Crippen LogP contribution in [0.2, 0.25) is 5.02 Å². The van der Waals surface area contributed by atoms with Crippen molar-refractivity contribution >= 4 is 17.2 Å². The zero-order chi connectivity index (χ0) is 26.5. The molecule has 10 heteroatoms. The van der Waals surface area contributed by atoms with Gasteiger partial charge in [0.05, 0.1) is 35.5 Å². The number of nitrogens with zero attached hydrogens (tertiary/aromatic N) is 7. The van der Waals surface area contributed by atoms with Crippen LogP contribution in [-0.2, 0) is 6.42 Å². The smallest absolute Gasteiger partial charge is 0.230 e. The van der Waals surface area contributed by atoms with Crippen LogP contribution in [-0.4, -0.2) is 41.5 Å². The molecule has 9 nitrogen and oxygen atoms in total. The molecule has 1 atom stereocenters. The topological polar surface area (TPSA) is 92.3 Å². The van der Waals surface area contributed by atoms with Gasteiger partial charge < -0.3 is 9.47 Å². The number of aryl methyl sites for hydroxylation is 1. The quantitative estimate of drug-likeness (QED) is 0.285. The first-order valence-electron chi connectivity index (χ1n) is 12.4. The van der Waals surface area contributed by atoms with E-state index in [2.05, 4.69) is 9.97 Å². The van der Waals surface area contributed by atoms with Crippen molar-refractivity contribution in [2.24, 2.45) is 0 Å². The third-order valence-electron chi connectivity index (χ3n) is 6.86. The average molecular weight is 536 g/mol. The van der Waals surface area contributed by atoms with Crippen LogP contribution in [0.25, 0.3) is 11.3 Å². The number of hydrogen-bond acceptors (Lipinski definition) is 7. The summed E-state index contributed by atoms with van der Waals surface area (Å²) in [5, 5.41) is 10.2. The van der Waals surface area contributed by atoms with E-state index in [9.17, 15) is 0 Å². The first kappa shape index (κ1) is 23.4. The number of ether oxygens (including phenoxy) is 2. The van der Waals surface area contributed by atoms with Crippen molar-refractivity contribution in [3.63, 3.8) is 0 Å². The maximum Gasteiger partial charge on any atom is 0.230 e. The zero-order valence-corrected chi connectivity index (χ0v) is 21.9. The Morgan fingerprint density at radius 2 is 1.90 bits per heavy atom. The molecule has 1 unspecified atom stereocenters. The molecule has 1 aliphatic rings. The number of benzene rings is 2. The summed E-state index contributed by atoms with van der Waals surface area (Å²) >= 11 is 6.30. The highest BCUT2D eigenvalue weighted by Crippen LogP contribution is 2.49. The lowest BCUT2D eigenvalue weighted by molar-refractivity contribution is 0.402. The number of halogens is 1. The molecule has 0 radical (unpaired) electrons. The van der Waals surface area contributed by atoms with Crippen molar-refractivity contribution < 1.29 is 9.47 Å². The van der Waals surface area contributed by atoms with Crippen molar-refractivity contribution in [3.8, 4) is 23.2 Å². The minimum Gasteiger partial charge on any atom is -0.497 e. The molecule has 0 saturated carbocycles. The molecule has 5 heterocycles. The molecule has 0 saturated heterocycles. The van der Waals surface area contributed by atoms with Gasteiger partial charge in [0.25, 0.3) is 0 Å². The van der Waals surface area contributed by atoms with Crippen molar-refractivity contribution in [1.82, 2.24) is 34.3 Å². The maximum absolute atomic E-state index is 6.47. The molecular formula is C29H22ClN7O2. The van der Waals surface area contributed by atoms with Crippen LogP contribution in [0.3, 0.4) is 0 Å². The van der Waals surface area contributed by atoms with Gasteiger partial charge in [-0.15, -0.1) is 5.10 Å². The Bertz CT molecular complexity index is 1830. The summed E-state index contributed by atoms with van der Waals surface area (Å²) in [6, 6.07) is 19.4. The SMILES string of the molecule is COc1ccc(Cc2nc3c4c(ncn3n2)Oc2c(c(C)nn2-c2cccc(Cl)c2)C4c2cccnc2)cc1. The molecular weight excluding hydrogens is 514 g/mol. The Balaban J connectivity index is 1.39. The Labute approximate surface area is 228 Å². The molecule has 6 aromatic rings. The molecule has 0 amide bonds. The Kier molecular flexibility index (Phi) is 5.52. The Morgan fingerprint density at radius 1 is 1.03 bits per heavy atom. The molecule has 0 fully saturated rings. The van der Waals surface area contributed by atoms with Crippen LogP contribution in [0, 0.1) is 6.92 Å². The van der Waals surface area contributed by atoms with Crippen LogP contribution in [0.5, 0.6) is 17.5 Å². The van der Waals surface area contributed by atoms with E-state index >= 15 is 0 Å². The molecule has 192 valence electrons. The van der Waals surface area contributed by atoms with Gasteiger partial charge in [0.1, 0.15) is 12.1 Å². The van der Waals surface area contributed by atoms with Crippen molar-refractivity contribution in [3.05, 3.63) is 118 Å². The van der Waals surface area contributed by atoms with E-state index in [0.29, 0.717) is 34.7 Å². The van der Waals surface area contributed by atoms with Gasteiger partial charge >= 0.3 is 0 Å². The van der Waals surface area contributed by atoms with Crippen LogP contribution in [0.15, 0.2) is 79.4 Å². The number of rotatable bonds is 5. The predicted octanol–water partition coefficient (Wildman–Crippen LogP) is 5.55. The zero-order valence-electron chi connectivity index (χ0n) is 21.1. The van der Waals surface area contributed by atoms with Gasteiger partial charge in [-0.3, -0.25) is 4.98 Å². The minimum absolute atomic E-state index is 0.264. The second-order valence-corrected chi connectivity index (χ2v) is 9.74. The van der Waals surface area contributed by atoms with Gasteiger partial charge in [0, 0.05) is 23.8 Å². The normalized spacial score (nSPS) is 14.1. The molecule has 2 aromatic carbocycles. The second-order valence-electron chi connectivity index (χ2n) is 9.30. The van der Waals surface area contributed by atoms with E-state index in [1.54, 1.807) is 28.8 Å². The van der Waals surface area contributed by atoms with E-state index in [-0.39, 0.29) is 5.92 Å². The van der Waals surface area contributed by atoms with Crippen LogP contribution in [0.1, 0.15) is 39.7 Å². The molecule has 7 rings (SSSR count). The summed E-state index contributed by atoms with van der Waals surface area (Å²) in [6.45, 7) is 1.98. The lowest BCUT2D eigenvalue weighted by Crippen LogP contribution is -2.16. The van der Waals surface area contributed by atoms with Crippen LogP contribution >= 0.6 is 11.6 Å². The minimum atomic E-state index is -0.264. The average Bonchev–Trinajstić information content (AvgIpc) is 3.53. The van der Waals surface area contributed by atoms with Crippen LogP contribution < -0.4 is 9.47 Å². The first-order chi connectivity index (χ1) is 19.1. The molecule has 0 bridgehead atoms. The van der Waals surface area contributed by atoms with Crippen molar-refractivity contribution in [1.29, 1.82) is 0 Å². The predicted molar refractivity (Wildman–Crippen MR) is 145 cm³/mol. The summed E-state index contributed by atoms with van der Waals surface area (Å²) in [6.07, 6.45) is 5.82. The molecule has 39 heavy (non-hydrogen) atoms. The molecule has 0 aliphatic carbocycles. The van der Waals surface area contributed by atoms with E-state index in [4.69, 9.17) is 36.3 Å². The lowest BCUT2D eigenvalue weighted by atomic mass is 9.85. The number of aromatic nitrogens is 7. The Morgan fingerprint density at radius 3 is 2.67 bits per heavy atom. The van der Waals surface area contributed by atoms with Crippen molar-refractivity contribution in [2.75, 3.05) is 7.11 Å². The van der Waals surface area contributed by atoms with E-state index < -0.39 is 0 Å². The monoisotopic (exact) mass is 535 g/mol. The summed E-state index contributed by atoms with van der Waals surface area (Å²) in [7, 11) is 1.65. The summed E-state index contributed by atoms with van der Waals surface area (Å²) in [5.41, 5.74) is 6.10. The fourth-order valence-electron chi connectivity index (χ4n) is 5.09. The number of hydrogen-bond donors (Lipinski definition) is 0. The fraction of sp³-hybridized carbons (Fsp3) is 0.138. The van der Waals surface area contributed by atoms with Gasteiger partial charge in [-0.1, -0.05) is 35.9 Å². The summed E-state index contributed by atoms with van der Waals surface area (Å²) in [5.74, 6) is 2.26. The number of pyridine rings is 1. The third-order valence-corrected chi connectivity index (χ3v) is 7.09. The van der Waals surface area contributed by atoms with Gasteiger partial charge in [-0.25, -0.2) is 19.2 Å². The van der Waals surface area contributed by atoms with Gasteiger partial charge in [0.2, 0.25) is 11.8 Å². The second kappa shape index (κ2) is 9.21. The van der Waals surface area contributed by atoms with E-state index in [0.717, 1.165) is 39.4 Å². The van der Waals surface area contributed by atoms with Crippen molar-refractivity contribution in [2.45, 2.75) is 19.3 Å². The highest BCUT2D eigenvalue weighted by atomic mass is 35.5. The number of methoxy groups -OCH3 is 1. The highest BCUT2D eigenvalue weighted by molar-refractivity contribution is 6.30. The van der Waals surface area contributed by atoms with Gasteiger partial charge in [0.15, 0.2) is 11.5 Å². The molecule has 4 aromatic heterocycles. The lowest BCUT2D eigenvalue weighted by Gasteiger charge is -2.26. The molecule has 0 spiro atoms. The number of fused-ring (bicyclic) bond motifs is 4. The van der Waals surface area contributed by atoms with Gasteiger partial charge in [-0.05, 0) is 54.4 Å². The maximum atomic E-state index is 6.47. The van der Waals surface area contributed by atoms with Crippen LogP contribution in [0.4, 0.5) is 0 Å². The molecule has 0 N–H and O–H groups in total. The van der Waals surface area contributed by atoms with E-state index in [1.807, 2.05) is 73.8 Å².